The first-order chi connectivity index (χ1) is 6.71. The molecule has 0 N–H and O–H groups in total. The number of alkyl halides is 7. The van der Waals surface area contributed by atoms with Crippen molar-refractivity contribution >= 4 is 8.24 Å². The van der Waals surface area contributed by atoms with Crippen molar-refractivity contribution in [1.82, 2.24) is 0 Å². The second-order valence-electron chi connectivity index (χ2n) is 4.26. The first-order valence-electron chi connectivity index (χ1n) is 4.22. The third-order valence-electron chi connectivity index (χ3n) is 1.57. The van der Waals surface area contributed by atoms with Crippen LogP contribution in [0.3, 0.4) is 0 Å². The van der Waals surface area contributed by atoms with Gasteiger partial charge in [0, 0.05) is 0 Å². The molecule has 0 atom stereocenters. The zero-order valence-electron chi connectivity index (χ0n) is 8.80. The summed E-state index contributed by atoms with van der Waals surface area (Å²) in [6.07, 6.45) is -6.27. The van der Waals surface area contributed by atoms with Gasteiger partial charge in [-0.1, -0.05) is 34.4 Å². The first kappa shape index (κ1) is 15.7. The highest BCUT2D eigenvalue weighted by atomic mass is 28.3. The highest BCUT2D eigenvalue weighted by Gasteiger charge is 2.71. The Kier molecular flexibility index (Phi) is 4.09. The number of rotatable bonds is 4. The molecule has 0 spiro atoms. The Morgan fingerprint density at radius 3 is 1.50 bits per heavy atom. The molecule has 0 rings (SSSR count). The van der Waals surface area contributed by atoms with E-state index in [1.165, 1.54) is 19.6 Å². The summed E-state index contributed by atoms with van der Waals surface area (Å²) in [4.78, 5) is 3.22. The highest BCUT2D eigenvalue weighted by molar-refractivity contribution is 6.80. The lowest BCUT2D eigenvalue weighted by Gasteiger charge is -2.40. The van der Waals surface area contributed by atoms with Gasteiger partial charge in [0.2, 0.25) is 0 Å². The molecule has 98 valence electrons. The van der Waals surface area contributed by atoms with Crippen molar-refractivity contribution in [3.63, 3.8) is 0 Å². The van der Waals surface area contributed by atoms with E-state index in [-0.39, 0.29) is 0 Å². The van der Waals surface area contributed by atoms with E-state index in [1.807, 2.05) is 0 Å². The molecule has 1 nitrogen and oxygen atoms in total. The van der Waals surface area contributed by atoms with Gasteiger partial charge >= 0.3 is 18.0 Å². The van der Waals surface area contributed by atoms with Crippen LogP contribution in [-0.4, -0.2) is 32.8 Å². The smallest absolute Gasteiger partial charge is 0.459 e. The van der Waals surface area contributed by atoms with Gasteiger partial charge in [0.05, 0.1) is 0 Å². The van der Waals surface area contributed by atoms with Crippen molar-refractivity contribution in [2.45, 2.75) is 37.7 Å². The maximum Gasteiger partial charge on any atom is 0.459 e. The summed E-state index contributed by atoms with van der Waals surface area (Å²) in [5.74, 6) is -11.3. The van der Waals surface area contributed by atoms with Gasteiger partial charge in [-0.2, -0.15) is 22.0 Å². The van der Waals surface area contributed by atoms with Crippen molar-refractivity contribution in [3.05, 3.63) is 4.98 Å². The highest BCUT2D eigenvalue weighted by Crippen LogP contribution is 2.47. The lowest BCUT2D eigenvalue weighted by atomic mass is 10.1. The second kappa shape index (κ2) is 4.17. The Bertz CT molecular complexity index is 242. The van der Waals surface area contributed by atoms with E-state index < -0.39 is 32.8 Å². The number of nitrogens with zero attached hydrogens (tertiary/aromatic N) is 1. The van der Waals surface area contributed by atoms with Crippen LogP contribution in [0.1, 0.15) is 0 Å². The lowest BCUT2D eigenvalue weighted by Crippen LogP contribution is -2.54. The molecule has 0 aliphatic carbocycles. The monoisotopic (exact) mass is 270 g/mol. The zero-order valence-corrected chi connectivity index (χ0v) is 9.80. The molecule has 0 radical (unpaired) electrons. The van der Waals surface area contributed by atoms with Crippen LogP contribution in [0.2, 0.25) is 19.6 Å². The minimum atomic E-state index is -6.27. The van der Waals surface area contributed by atoms with Crippen molar-refractivity contribution in [2.75, 3.05) is 6.54 Å². The Hall–Kier alpha value is -0.313. The molecule has 0 fully saturated rings. The van der Waals surface area contributed by atoms with Crippen LogP contribution in [0.15, 0.2) is 0 Å². The third-order valence-corrected chi connectivity index (χ3v) is 2.67. The van der Waals surface area contributed by atoms with Crippen molar-refractivity contribution < 1.29 is 30.7 Å². The average Bonchev–Trinajstić information content (AvgIpc) is 1.97. The SMILES string of the molecule is C[Si](C)(C)[N-]CC(F)(F)C(F)(F)C(F)(F)F. The Balaban J connectivity index is 4.79. The van der Waals surface area contributed by atoms with E-state index in [4.69, 9.17) is 0 Å². The zero-order chi connectivity index (χ0) is 13.4. The van der Waals surface area contributed by atoms with Gasteiger partial charge in [-0.05, 0) is 0 Å². The molecule has 0 amide bonds. The molecule has 16 heavy (non-hydrogen) atoms. The summed E-state index contributed by atoms with van der Waals surface area (Å²) in [5, 5.41) is 0. The average molecular weight is 270 g/mol. The van der Waals surface area contributed by atoms with Crippen LogP contribution < -0.4 is 0 Å². The molecular weight excluding hydrogens is 259 g/mol. The normalized spacial score (nSPS) is 15.4. The largest absolute Gasteiger partial charge is 0.660 e. The van der Waals surface area contributed by atoms with Gasteiger partial charge < -0.3 is 4.98 Å². The Morgan fingerprint density at radius 1 is 0.875 bits per heavy atom. The van der Waals surface area contributed by atoms with Crippen LogP contribution in [-0.2, 0) is 0 Å². The predicted molar refractivity (Wildman–Crippen MR) is 47.5 cm³/mol. The molecular formula is C7H11F7NSi-. The van der Waals surface area contributed by atoms with Gasteiger partial charge in [0.1, 0.15) is 0 Å². The topological polar surface area (TPSA) is 14.1 Å². The van der Waals surface area contributed by atoms with Gasteiger partial charge in [0.15, 0.2) is 0 Å². The molecule has 0 saturated heterocycles. The van der Waals surface area contributed by atoms with Crippen LogP contribution in [0, 0.1) is 0 Å². The first-order valence-corrected chi connectivity index (χ1v) is 7.66. The molecule has 0 aromatic rings. The van der Waals surface area contributed by atoms with E-state index in [9.17, 15) is 30.7 Å². The van der Waals surface area contributed by atoms with E-state index in [1.54, 1.807) is 0 Å². The van der Waals surface area contributed by atoms with Crippen LogP contribution >= 0.6 is 0 Å². The van der Waals surface area contributed by atoms with Crippen LogP contribution in [0.25, 0.3) is 4.98 Å². The number of halogens is 7. The van der Waals surface area contributed by atoms with Crippen LogP contribution in [0.4, 0.5) is 30.7 Å². The third kappa shape index (κ3) is 3.61. The predicted octanol–water partition coefficient (Wildman–Crippen LogP) is 4.03. The summed E-state index contributed by atoms with van der Waals surface area (Å²) in [6, 6.07) is 0. The van der Waals surface area contributed by atoms with E-state index in [0.29, 0.717) is 0 Å². The van der Waals surface area contributed by atoms with E-state index in [0.717, 1.165) is 0 Å². The fourth-order valence-corrected chi connectivity index (χ4v) is 1.32. The second-order valence-corrected chi connectivity index (χ2v) is 8.92. The summed E-state index contributed by atoms with van der Waals surface area (Å²) in [5.41, 5.74) is 0. The fourth-order valence-electron chi connectivity index (χ4n) is 0.643. The minimum absolute atomic E-state index is 1.45. The van der Waals surface area contributed by atoms with E-state index >= 15 is 0 Å². The molecule has 0 bridgehead atoms. The number of hydrogen-bond acceptors (Lipinski definition) is 0. The van der Waals surface area contributed by atoms with E-state index in [2.05, 4.69) is 4.98 Å². The summed E-state index contributed by atoms with van der Waals surface area (Å²) >= 11 is 0. The lowest BCUT2D eigenvalue weighted by molar-refractivity contribution is -0.350. The summed E-state index contributed by atoms with van der Waals surface area (Å²) in [6.45, 7) is 2.55. The molecule has 9 heteroatoms. The van der Waals surface area contributed by atoms with Gasteiger partial charge in [0.25, 0.3) is 0 Å². The van der Waals surface area contributed by atoms with Gasteiger partial charge in [-0.15, -0.1) is 0 Å². The summed E-state index contributed by atoms with van der Waals surface area (Å²) < 4.78 is 85.2. The Morgan fingerprint density at radius 2 is 1.25 bits per heavy atom. The molecule has 0 aliphatic rings. The molecule has 0 saturated carbocycles. The number of hydrogen-bond donors (Lipinski definition) is 0. The molecule has 0 aromatic carbocycles. The summed E-state index contributed by atoms with van der Waals surface area (Å²) in [7, 11) is -2.46. The maximum atomic E-state index is 12.7. The van der Waals surface area contributed by atoms with Crippen molar-refractivity contribution in [2.24, 2.45) is 0 Å². The Labute approximate surface area is 89.1 Å². The molecule has 0 aromatic heterocycles. The molecule has 0 heterocycles. The van der Waals surface area contributed by atoms with Crippen LogP contribution in [0.5, 0.6) is 0 Å². The maximum absolute atomic E-state index is 12.7. The van der Waals surface area contributed by atoms with Gasteiger partial charge in [-0.3, -0.25) is 0 Å². The van der Waals surface area contributed by atoms with Gasteiger partial charge in [-0.25, -0.2) is 8.78 Å². The standard InChI is InChI=1S/C7H11F7NSi/c1-16(2,3)15-4-5(8,9)6(10,11)7(12,13)14/h4H2,1-3H3/q-1. The minimum Gasteiger partial charge on any atom is -0.660 e. The quantitative estimate of drug-likeness (QED) is 0.541. The fraction of sp³-hybridized carbons (Fsp3) is 1.00. The van der Waals surface area contributed by atoms with Crippen molar-refractivity contribution in [1.29, 1.82) is 0 Å². The molecule has 0 unspecified atom stereocenters. The molecule has 0 aliphatic heterocycles. The van der Waals surface area contributed by atoms with Crippen molar-refractivity contribution in [3.8, 4) is 0 Å².